The van der Waals surface area contributed by atoms with Crippen molar-refractivity contribution in [2.45, 2.75) is 6.42 Å². The van der Waals surface area contributed by atoms with Gasteiger partial charge in [-0.1, -0.05) is 6.07 Å². The van der Waals surface area contributed by atoms with Crippen LogP contribution in [-0.4, -0.2) is 16.2 Å². The van der Waals surface area contributed by atoms with Gasteiger partial charge in [0.25, 0.3) is 0 Å². The van der Waals surface area contributed by atoms with Crippen LogP contribution in [0.4, 0.5) is 5.69 Å². The van der Waals surface area contributed by atoms with Crippen LogP contribution < -0.4 is 10.5 Å². The standard InChI is InChI=1S/C14H13NO4/c15-13-8-12(4-1-9(13)7-14(17)18)19-11-5-2-10(16)3-6-11/h1-6,8,16H,7,15H2,(H,17,18). The Labute approximate surface area is 109 Å². The largest absolute Gasteiger partial charge is 0.508 e. The average Bonchev–Trinajstić information content (AvgIpc) is 2.35. The molecule has 2 aromatic rings. The molecule has 0 saturated heterocycles. The molecule has 19 heavy (non-hydrogen) atoms. The second-order valence-electron chi connectivity index (χ2n) is 4.03. The minimum Gasteiger partial charge on any atom is -0.508 e. The SMILES string of the molecule is Nc1cc(Oc2ccc(O)cc2)ccc1CC(=O)O. The minimum absolute atomic E-state index is 0.120. The van der Waals surface area contributed by atoms with E-state index in [-0.39, 0.29) is 12.2 Å². The van der Waals surface area contributed by atoms with E-state index in [1.54, 1.807) is 30.3 Å². The Balaban J connectivity index is 2.15. The molecule has 98 valence electrons. The first-order valence-electron chi connectivity index (χ1n) is 5.61. The van der Waals surface area contributed by atoms with Gasteiger partial charge in [0.1, 0.15) is 17.2 Å². The number of benzene rings is 2. The summed E-state index contributed by atoms with van der Waals surface area (Å²) < 4.78 is 5.54. The molecule has 0 saturated carbocycles. The molecule has 0 amide bonds. The molecule has 0 aliphatic heterocycles. The van der Waals surface area contributed by atoms with Gasteiger partial charge in [0.2, 0.25) is 0 Å². The van der Waals surface area contributed by atoms with Gasteiger partial charge in [-0.15, -0.1) is 0 Å². The molecular weight excluding hydrogens is 246 g/mol. The van der Waals surface area contributed by atoms with E-state index in [0.717, 1.165) is 0 Å². The van der Waals surface area contributed by atoms with Crippen LogP contribution in [0, 0.1) is 0 Å². The molecule has 0 radical (unpaired) electrons. The highest BCUT2D eigenvalue weighted by Gasteiger charge is 2.06. The molecule has 2 rings (SSSR count). The van der Waals surface area contributed by atoms with Crippen LogP contribution in [0.3, 0.4) is 0 Å². The van der Waals surface area contributed by atoms with Gasteiger partial charge in [-0.3, -0.25) is 4.79 Å². The third-order valence-corrected chi connectivity index (χ3v) is 2.53. The van der Waals surface area contributed by atoms with Crippen molar-refractivity contribution in [2.75, 3.05) is 5.73 Å². The van der Waals surface area contributed by atoms with Gasteiger partial charge < -0.3 is 20.7 Å². The molecule has 2 aromatic carbocycles. The van der Waals surface area contributed by atoms with Crippen LogP contribution in [0.5, 0.6) is 17.2 Å². The van der Waals surface area contributed by atoms with Crippen LogP contribution in [-0.2, 0) is 11.2 Å². The Kier molecular flexibility index (Phi) is 3.56. The monoisotopic (exact) mass is 259 g/mol. The lowest BCUT2D eigenvalue weighted by atomic mass is 10.1. The van der Waals surface area contributed by atoms with Crippen molar-refractivity contribution in [2.24, 2.45) is 0 Å². The quantitative estimate of drug-likeness (QED) is 0.733. The molecule has 0 aliphatic carbocycles. The van der Waals surface area contributed by atoms with E-state index in [2.05, 4.69) is 0 Å². The maximum Gasteiger partial charge on any atom is 0.307 e. The molecule has 0 aromatic heterocycles. The Morgan fingerprint density at radius 2 is 1.74 bits per heavy atom. The van der Waals surface area contributed by atoms with Crippen molar-refractivity contribution in [3.05, 3.63) is 48.0 Å². The summed E-state index contributed by atoms with van der Waals surface area (Å²) in [7, 11) is 0. The smallest absolute Gasteiger partial charge is 0.307 e. The van der Waals surface area contributed by atoms with E-state index in [0.29, 0.717) is 22.7 Å². The molecule has 5 heteroatoms. The molecule has 0 heterocycles. The second-order valence-corrected chi connectivity index (χ2v) is 4.03. The van der Waals surface area contributed by atoms with Crippen LogP contribution in [0.2, 0.25) is 0 Å². The molecular formula is C14H13NO4. The number of carbonyl (C=O) groups is 1. The van der Waals surface area contributed by atoms with Crippen molar-refractivity contribution < 1.29 is 19.7 Å². The first-order chi connectivity index (χ1) is 9.04. The summed E-state index contributed by atoms with van der Waals surface area (Å²) in [6.45, 7) is 0. The summed E-state index contributed by atoms with van der Waals surface area (Å²) >= 11 is 0. The summed E-state index contributed by atoms with van der Waals surface area (Å²) in [4.78, 5) is 10.6. The predicted molar refractivity (Wildman–Crippen MR) is 70.4 cm³/mol. The summed E-state index contributed by atoms with van der Waals surface area (Å²) in [5, 5.41) is 17.9. The third-order valence-electron chi connectivity index (χ3n) is 2.53. The number of phenolic OH excluding ortho intramolecular Hbond substituents is 1. The van der Waals surface area contributed by atoms with Crippen LogP contribution in [0.1, 0.15) is 5.56 Å². The zero-order valence-electron chi connectivity index (χ0n) is 10.0. The van der Waals surface area contributed by atoms with Gasteiger partial charge in [-0.25, -0.2) is 0 Å². The van der Waals surface area contributed by atoms with E-state index >= 15 is 0 Å². The normalized spacial score (nSPS) is 10.1. The molecule has 0 aliphatic rings. The van der Waals surface area contributed by atoms with Gasteiger partial charge in [0.05, 0.1) is 6.42 Å². The van der Waals surface area contributed by atoms with Gasteiger partial charge in [-0.2, -0.15) is 0 Å². The van der Waals surface area contributed by atoms with Crippen molar-refractivity contribution in [3.8, 4) is 17.2 Å². The highest BCUT2D eigenvalue weighted by atomic mass is 16.5. The summed E-state index contributed by atoms with van der Waals surface area (Å²) in [6, 6.07) is 11.1. The Morgan fingerprint density at radius 1 is 1.11 bits per heavy atom. The first kappa shape index (κ1) is 12.8. The third kappa shape index (κ3) is 3.38. The number of anilines is 1. The Bertz CT molecular complexity index is 593. The second kappa shape index (κ2) is 5.30. The topological polar surface area (TPSA) is 92.8 Å². The molecule has 0 spiro atoms. The maximum absolute atomic E-state index is 10.6. The van der Waals surface area contributed by atoms with Crippen LogP contribution in [0.25, 0.3) is 0 Å². The van der Waals surface area contributed by atoms with Crippen LogP contribution in [0.15, 0.2) is 42.5 Å². The van der Waals surface area contributed by atoms with Crippen molar-refractivity contribution in [1.82, 2.24) is 0 Å². The average molecular weight is 259 g/mol. The van der Waals surface area contributed by atoms with E-state index in [1.807, 2.05) is 0 Å². The molecule has 0 fully saturated rings. The highest BCUT2D eigenvalue weighted by molar-refractivity contribution is 5.73. The zero-order chi connectivity index (χ0) is 13.8. The van der Waals surface area contributed by atoms with Gasteiger partial charge in [0, 0.05) is 11.8 Å². The number of aromatic hydroxyl groups is 1. The molecule has 5 nitrogen and oxygen atoms in total. The maximum atomic E-state index is 10.6. The zero-order valence-corrected chi connectivity index (χ0v) is 10.0. The van der Waals surface area contributed by atoms with E-state index in [9.17, 15) is 4.79 Å². The number of phenols is 1. The molecule has 0 atom stereocenters. The van der Waals surface area contributed by atoms with Crippen molar-refractivity contribution in [1.29, 1.82) is 0 Å². The van der Waals surface area contributed by atoms with E-state index < -0.39 is 5.97 Å². The number of carboxylic acid groups (broad SMARTS) is 1. The summed E-state index contributed by atoms with van der Waals surface area (Å²) in [6.07, 6.45) is -0.120. The fourth-order valence-corrected chi connectivity index (χ4v) is 1.61. The lowest BCUT2D eigenvalue weighted by molar-refractivity contribution is -0.136. The van der Waals surface area contributed by atoms with Gasteiger partial charge in [0.15, 0.2) is 0 Å². The number of aliphatic carboxylic acids is 1. The Hall–Kier alpha value is -2.69. The Morgan fingerprint density at radius 3 is 2.32 bits per heavy atom. The van der Waals surface area contributed by atoms with Gasteiger partial charge in [-0.05, 0) is 35.9 Å². The number of hydrogen-bond acceptors (Lipinski definition) is 4. The number of ether oxygens (including phenoxy) is 1. The first-order valence-corrected chi connectivity index (χ1v) is 5.61. The lowest BCUT2D eigenvalue weighted by Gasteiger charge is -2.08. The lowest BCUT2D eigenvalue weighted by Crippen LogP contribution is -2.03. The molecule has 4 N–H and O–H groups in total. The number of hydrogen-bond donors (Lipinski definition) is 3. The predicted octanol–water partition coefficient (Wildman–Crippen LogP) is 2.39. The fraction of sp³-hybridized carbons (Fsp3) is 0.0714. The number of carboxylic acids is 1. The van der Waals surface area contributed by atoms with Crippen LogP contribution >= 0.6 is 0 Å². The molecule has 0 unspecified atom stereocenters. The molecule has 0 bridgehead atoms. The number of nitrogens with two attached hydrogens (primary N) is 1. The van der Waals surface area contributed by atoms with Crippen molar-refractivity contribution in [3.63, 3.8) is 0 Å². The number of nitrogen functional groups attached to an aromatic ring is 1. The summed E-state index contributed by atoms with van der Waals surface area (Å²) in [5.41, 5.74) is 6.68. The van der Waals surface area contributed by atoms with Crippen molar-refractivity contribution >= 4 is 11.7 Å². The van der Waals surface area contributed by atoms with Gasteiger partial charge >= 0.3 is 5.97 Å². The van der Waals surface area contributed by atoms with E-state index in [4.69, 9.17) is 20.7 Å². The van der Waals surface area contributed by atoms with E-state index in [1.165, 1.54) is 12.1 Å². The summed E-state index contributed by atoms with van der Waals surface area (Å²) in [5.74, 6) is 0.295. The highest BCUT2D eigenvalue weighted by Crippen LogP contribution is 2.26. The number of rotatable bonds is 4. The minimum atomic E-state index is -0.932. The fourth-order valence-electron chi connectivity index (χ4n) is 1.61.